The number of methoxy groups -OCH3 is 3. The highest BCUT2D eigenvalue weighted by Gasteiger charge is 2.46. The van der Waals surface area contributed by atoms with E-state index in [-0.39, 0.29) is 11.9 Å². The van der Waals surface area contributed by atoms with Crippen molar-refractivity contribution in [2.24, 2.45) is 0 Å². The predicted molar refractivity (Wildman–Crippen MR) is 90.5 cm³/mol. The molecule has 2 unspecified atom stereocenters. The highest BCUT2D eigenvalue weighted by molar-refractivity contribution is 6.00. The minimum absolute atomic E-state index is 0.0816. The lowest BCUT2D eigenvalue weighted by Gasteiger charge is -2.37. The summed E-state index contributed by atoms with van der Waals surface area (Å²) in [5.74, 6) is 2.51. The van der Waals surface area contributed by atoms with E-state index >= 15 is 0 Å². The van der Waals surface area contributed by atoms with E-state index in [1.54, 1.807) is 32.3 Å². The Labute approximate surface area is 145 Å². The number of rotatable bonds is 3. The number of ether oxygens (including phenoxy) is 4. The first-order chi connectivity index (χ1) is 12.1. The summed E-state index contributed by atoms with van der Waals surface area (Å²) in [6.07, 6.45) is -0.474. The molecule has 2 atom stereocenters. The van der Waals surface area contributed by atoms with Crippen LogP contribution < -0.4 is 18.9 Å². The van der Waals surface area contributed by atoms with E-state index in [1.165, 1.54) is 0 Å². The number of hydrogen-bond acceptors (Lipinski definition) is 5. The Morgan fingerprint density at radius 1 is 0.960 bits per heavy atom. The van der Waals surface area contributed by atoms with Gasteiger partial charge in [0.25, 0.3) is 5.91 Å². The van der Waals surface area contributed by atoms with E-state index in [0.717, 1.165) is 22.6 Å². The minimum atomic E-state index is -0.474. The third-order valence-electron chi connectivity index (χ3n) is 4.86. The fourth-order valence-electron chi connectivity index (χ4n) is 3.54. The summed E-state index contributed by atoms with van der Waals surface area (Å²) in [6, 6.07) is 9.04. The molecule has 1 amide bonds. The molecule has 0 bridgehead atoms. The minimum Gasteiger partial charge on any atom is -0.497 e. The second kappa shape index (κ2) is 5.58. The average Bonchev–Trinajstić information content (AvgIpc) is 2.92. The van der Waals surface area contributed by atoms with Crippen LogP contribution in [-0.2, 0) is 0 Å². The smallest absolute Gasteiger partial charge is 0.258 e. The van der Waals surface area contributed by atoms with Crippen molar-refractivity contribution in [2.45, 2.75) is 19.2 Å². The molecule has 2 aromatic rings. The molecule has 2 aliphatic rings. The largest absolute Gasteiger partial charge is 0.497 e. The van der Waals surface area contributed by atoms with Crippen molar-refractivity contribution in [3.8, 4) is 23.0 Å². The quantitative estimate of drug-likeness (QED) is 0.857. The van der Waals surface area contributed by atoms with Crippen LogP contribution in [0, 0.1) is 0 Å². The van der Waals surface area contributed by atoms with Crippen LogP contribution in [-0.4, -0.2) is 32.1 Å². The Bertz CT molecular complexity index is 863. The monoisotopic (exact) mass is 341 g/mol. The Morgan fingerprint density at radius 2 is 1.68 bits per heavy atom. The summed E-state index contributed by atoms with van der Waals surface area (Å²) in [4.78, 5) is 14.7. The SMILES string of the molecule is COc1ccc2c(c1)C(C)N1C(=O)c3cc(OC)c(OC)cc3C1O2. The van der Waals surface area contributed by atoms with Crippen molar-refractivity contribution in [3.63, 3.8) is 0 Å². The highest BCUT2D eigenvalue weighted by Crippen LogP contribution is 2.50. The zero-order valence-corrected chi connectivity index (χ0v) is 14.5. The number of carbonyl (C=O) groups is 1. The molecule has 6 nitrogen and oxygen atoms in total. The van der Waals surface area contributed by atoms with Gasteiger partial charge in [-0.3, -0.25) is 9.69 Å². The first-order valence-electron chi connectivity index (χ1n) is 8.02. The predicted octanol–water partition coefficient (Wildman–Crippen LogP) is 3.32. The van der Waals surface area contributed by atoms with E-state index in [1.807, 2.05) is 31.2 Å². The molecule has 0 N–H and O–H groups in total. The summed E-state index contributed by atoms with van der Waals surface area (Å²) in [5.41, 5.74) is 2.29. The van der Waals surface area contributed by atoms with Gasteiger partial charge < -0.3 is 18.9 Å². The van der Waals surface area contributed by atoms with Crippen molar-refractivity contribution in [2.75, 3.05) is 21.3 Å². The molecule has 2 aliphatic heterocycles. The van der Waals surface area contributed by atoms with Crippen molar-refractivity contribution in [1.29, 1.82) is 0 Å². The Morgan fingerprint density at radius 3 is 2.36 bits per heavy atom. The molecule has 130 valence electrons. The number of benzene rings is 2. The zero-order chi connectivity index (χ0) is 17.7. The van der Waals surface area contributed by atoms with Crippen molar-refractivity contribution < 1.29 is 23.7 Å². The molecule has 0 radical (unpaired) electrons. The van der Waals surface area contributed by atoms with E-state index in [2.05, 4.69) is 0 Å². The van der Waals surface area contributed by atoms with Crippen molar-refractivity contribution in [1.82, 2.24) is 4.90 Å². The van der Waals surface area contributed by atoms with E-state index < -0.39 is 6.23 Å². The van der Waals surface area contributed by atoms with Crippen LogP contribution in [0.4, 0.5) is 0 Å². The second-order valence-corrected chi connectivity index (χ2v) is 6.06. The van der Waals surface area contributed by atoms with Gasteiger partial charge in [0.05, 0.1) is 32.9 Å². The summed E-state index contributed by atoms with van der Waals surface area (Å²) in [6.45, 7) is 1.99. The molecule has 6 heteroatoms. The Balaban J connectivity index is 1.83. The van der Waals surface area contributed by atoms with Crippen LogP contribution >= 0.6 is 0 Å². The van der Waals surface area contributed by atoms with Gasteiger partial charge in [0.1, 0.15) is 11.5 Å². The van der Waals surface area contributed by atoms with Crippen molar-refractivity contribution in [3.05, 3.63) is 47.0 Å². The van der Waals surface area contributed by atoms with Crippen LogP contribution in [0.5, 0.6) is 23.0 Å². The third kappa shape index (κ3) is 2.13. The average molecular weight is 341 g/mol. The standard InChI is InChI=1S/C19H19NO5/c1-10-12-7-11(22-2)5-6-15(12)25-19-14-9-17(24-4)16(23-3)8-13(14)18(21)20(10)19/h5-10,19H,1-4H3. The van der Waals surface area contributed by atoms with Crippen LogP contribution in [0.2, 0.25) is 0 Å². The van der Waals surface area contributed by atoms with Gasteiger partial charge in [-0.05, 0) is 37.3 Å². The maximum atomic E-state index is 13.0. The van der Waals surface area contributed by atoms with Gasteiger partial charge in [-0.1, -0.05) is 0 Å². The molecule has 0 aliphatic carbocycles. The lowest BCUT2D eigenvalue weighted by atomic mass is 10.0. The molecule has 2 heterocycles. The summed E-state index contributed by atoms with van der Waals surface area (Å²) >= 11 is 0. The molecule has 0 saturated heterocycles. The maximum absolute atomic E-state index is 13.0. The molecule has 2 aromatic carbocycles. The van der Waals surface area contributed by atoms with E-state index in [4.69, 9.17) is 18.9 Å². The first-order valence-corrected chi connectivity index (χ1v) is 8.02. The topological polar surface area (TPSA) is 57.2 Å². The fraction of sp³-hybridized carbons (Fsp3) is 0.316. The normalized spacial score (nSPS) is 20.3. The van der Waals surface area contributed by atoms with Crippen LogP contribution in [0.15, 0.2) is 30.3 Å². The molecule has 4 rings (SSSR count). The van der Waals surface area contributed by atoms with Gasteiger partial charge in [-0.2, -0.15) is 0 Å². The number of nitrogens with zero attached hydrogens (tertiary/aromatic N) is 1. The van der Waals surface area contributed by atoms with Gasteiger partial charge in [-0.15, -0.1) is 0 Å². The van der Waals surface area contributed by atoms with Crippen LogP contribution in [0.3, 0.4) is 0 Å². The summed E-state index contributed by atoms with van der Waals surface area (Å²) in [5, 5.41) is 0. The highest BCUT2D eigenvalue weighted by atomic mass is 16.5. The number of carbonyl (C=O) groups excluding carboxylic acids is 1. The molecule has 0 fully saturated rings. The Hall–Kier alpha value is -2.89. The van der Waals surface area contributed by atoms with E-state index in [9.17, 15) is 4.79 Å². The lowest BCUT2D eigenvalue weighted by molar-refractivity contribution is -0.00198. The lowest BCUT2D eigenvalue weighted by Crippen LogP contribution is -2.37. The second-order valence-electron chi connectivity index (χ2n) is 6.06. The number of hydrogen-bond donors (Lipinski definition) is 0. The van der Waals surface area contributed by atoms with Crippen LogP contribution in [0.1, 0.15) is 40.7 Å². The summed E-state index contributed by atoms with van der Waals surface area (Å²) < 4.78 is 22.2. The fourth-order valence-corrected chi connectivity index (χ4v) is 3.54. The molecule has 0 aromatic heterocycles. The van der Waals surface area contributed by atoms with Gasteiger partial charge in [-0.25, -0.2) is 0 Å². The molecule has 0 saturated carbocycles. The van der Waals surface area contributed by atoms with Gasteiger partial charge in [0, 0.05) is 11.1 Å². The Kier molecular flexibility index (Phi) is 3.49. The summed E-state index contributed by atoms with van der Waals surface area (Å²) in [7, 11) is 4.75. The van der Waals surface area contributed by atoms with Gasteiger partial charge >= 0.3 is 0 Å². The number of amides is 1. The molecule has 25 heavy (non-hydrogen) atoms. The van der Waals surface area contributed by atoms with Gasteiger partial charge in [0.2, 0.25) is 6.23 Å². The number of fused-ring (bicyclic) bond motifs is 4. The molecular weight excluding hydrogens is 322 g/mol. The van der Waals surface area contributed by atoms with Crippen LogP contribution in [0.25, 0.3) is 0 Å². The molecule has 0 spiro atoms. The van der Waals surface area contributed by atoms with E-state index in [0.29, 0.717) is 17.1 Å². The maximum Gasteiger partial charge on any atom is 0.258 e. The van der Waals surface area contributed by atoms with Gasteiger partial charge in [0.15, 0.2) is 11.5 Å². The third-order valence-corrected chi connectivity index (χ3v) is 4.86. The first kappa shape index (κ1) is 15.6. The van der Waals surface area contributed by atoms with Crippen molar-refractivity contribution >= 4 is 5.91 Å². The zero-order valence-electron chi connectivity index (χ0n) is 14.5. The molecular formula is C19H19NO5.